The number of nitrogens with zero attached hydrogens (tertiary/aromatic N) is 3. The van der Waals surface area contributed by atoms with E-state index in [9.17, 15) is 4.79 Å². The Kier molecular flexibility index (Phi) is 3.30. The molecule has 0 unspecified atom stereocenters. The normalized spacial score (nSPS) is 10.4. The van der Waals surface area contributed by atoms with Crippen molar-refractivity contribution in [1.82, 2.24) is 14.8 Å². The van der Waals surface area contributed by atoms with Crippen LogP contribution in [0.5, 0.6) is 0 Å². The number of benzene rings is 1. The van der Waals surface area contributed by atoms with Crippen LogP contribution in [0.4, 0.5) is 5.13 Å². The van der Waals surface area contributed by atoms with Crippen molar-refractivity contribution in [1.29, 1.82) is 0 Å². The number of hydrogen-bond donors (Lipinski definition) is 1. The summed E-state index contributed by atoms with van der Waals surface area (Å²) in [5, 5.41) is 9.30. The lowest BCUT2D eigenvalue weighted by Crippen LogP contribution is -2.12. The molecular formula is C14H12N4OS. The van der Waals surface area contributed by atoms with Crippen molar-refractivity contribution in [3.63, 3.8) is 0 Å². The second-order valence-electron chi connectivity index (χ2n) is 4.23. The average molecular weight is 284 g/mol. The van der Waals surface area contributed by atoms with Gasteiger partial charge in [-0.05, 0) is 6.07 Å². The Labute approximate surface area is 119 Å². The van der Waals surface area contributed by atoms with Crippen molar-refractivity contribution in [2.45, 2.75) is 0 Å². The average Bonchev–Trinajstić information content (AvgIpc) is 3.09. The smallest absolute Gasteiger partial charge is 0.277 e. The summed E-state index contributed by atoms with van der Waals surface area (Å²) in [5.41, 5.74) is 2.26. The molecule has 0 aliphatic carbocycles. The van der Waals surface area contributed by atoms with E-state index in [4.69, 9.17) is 0 Å². The molecule has 3 aromatic rings. The highest BCUT2D eigenvalue weighted by atomic mass is 32.1. The van der Waals surface area contributed by atoms with Crippen molar-refractivity contribution >= 4 is 22.4 Å². The molecule has 1 aromatic carbocycles. The molecule has 5 nitrogen and oxygen atoms in total. The van der Waals surface area contributed by atoms with Crippen LogP contribution >= 0.6 is 11.3 Å². The number of nitrogens with one attached hydrogen (secondary N) is 1. The Morgan fingerprint density at radius 3 is 2.75 bits per heavy atom. The molecule has 0 saturated carbocycles. The zero-order valence-electron chi connectivity index (χ0n) is 10.8. The summed E-state index contributed by atoms with van der Waals surface area (Å²) in [6, 6.07) is 11.5. The Morgan fingerprint density at radius 2 is 2.05 bits per heavy atom. The molecule has 0 radical (unpaired) electrons. The minimum absolute atomic E-state index is 0.250. The van der Waals surface area contributed by atoms with E-state index in [1.165, 1.54) is 11.3 Å². The summed E-state index contributed by atoms with van der Waals surface area (Å²) in [4.78, 5) is 16.4. The third-order valence-corrected chi connectivity index (χ3v) is 3.50. The first-order valence-corrected chi connectivity index (χ1v) is 6.92. The van der Waals surface area contributed by atoms with Gasteiger partial charge in [0.25, 0.3) is 5.91 Å². The van der Waals surface area contributed by atoms with Crippen molar-refractivity contribution < 1.29 is 4.79 Å². The van der Waals surface area contributed by atoms with Crippen LogP contribution in [0.25, 0.3) is 11.3 Å². The van der Waals surface area contributed by atoms with Crippen molar-refractivity contribution in [3.8, 4) is 11.3 Å². The van der Waals surface area contributed by atoms with Crippen LogP contribution < -0.4 is 5.32 Å². The van der Waals surface area contributed by atoms with Crippen LogP contribution in [0.15, 0.2) is 48.0 Å². The van der Waals surface area contributed by atoms with Crippen LogP contribution in [0.1, 0.15) is 10.5 Å². The third kappa shape index (κ3) is 2.60. The second-order valence-corrected chi connectivity index (χ2v) is 5.09. The topological polar surface area (TPSA) is 59.8 Å². The van der Waals surface area contributed by atoms with Crippen molar-refractivity contribution in [2.75, 3.05) is 5.32 Å². The molecule has 6 heteroatoms. The van der Waals surface area contributed by atoms with E-state index in [1.807, 2.05) is 35.7 Å². The predicted octanol–water partition coefficient (Wildman–Crippen LogP) is 2.80. The molecule has 3 rings (SSSR count). The van der Waals surface area contributed by atoms with E-state index in [1.54, 1.807) is 24.0 Å². The van der Waals surface area contributed by atoms with Crippen molar-refractivity contribution in [3.05, 3.63) is 53.7 Å². The lowest BCUT2D eigenvalue weighted by Gasteiger charge is -1.98. The first kappa shape index (κ1) is 12.6. The maximum atomic E-state index is 12.0. The molecule has 0 spiro atoms. The number of carbonyl (C=O) groups excluding carboxylic acids is 1. The Balaban J connectivity index is 1.76. The molecule has 2 heterocycles. The standard InChI is InChI=1S/C14H12N4OS/c1-18-8-7-11(17-18)13(19)16-14-15-12(9-20-14)10-5-3-2-4-6-10/h2-9H,1H3,(H,15,16,19). The minimum Gasteiger partial charge on any atom is -0.296 e. The largest absolute Gasteiger partial charge is 0.296 e. The van der Waals surface area contributed by atoms with Gasteiger partial charge >= 0.3 is 0 Å². The highest BCUT2D eigenvalue weighted by Crippen LogP contribution is 2.24. The number of anilines is 1. The SMILES string of the molecule is Cn1ccc(C(=O)Nc2nc(-c3ccccc3)cs2)n1. The molecule has 0 atom stereocenters. The van der Waals surface area contributed by atoms with Gasteiger partial charge in [-0.1, -0.05) is 30.3 Å². The lowest BCUT2D eigenvalue weighted by atomic mass is 10.2. The summed E-state index contributed by atoms with van der Waals surface area (Å²) < 4.78 is 1.59. The van der Waals surface area contributed by atoms with Gasteiger partial charge in [-0.15, -0.1) is 11.3 Å². The summed E-state index contributed by atoms with van der Waals surface area (Å²) in [5.74, 6) is -0.250. The van der Waals surface area contributed by atoms with E-state index in [-0.39, 0.29) is 5.91 Å². The van der Waals surface area contributed by atoms with Gasteiger partial charge < -0.3 is 0 Å². The fourth-order valence-corrected chi connectivity index (χ4v) is 2.48. The van der Waals surface area contributed by atoms with E-state index < -0.39 is 0 Å². The van der Waals surface area contributed by atoms with E-state index in [0.29, 0.717) is 10.8 Å². The van der Waals surface area contributed by atoms with E-state index >= 15 is 0 Å². The number of carbonyl (C=O) groups is 1. The second kappa shape index (κ2) is 5.26. The Hall–Kier alpha value is -2.47. The van der Waals surface area contributed by atoms with E-state index in [0.717, 1.165) is 11.3 Å². The van der Waals surface area contributed by atoms with Crippen molar-refractivity contribution in [2.24, 2.45) is 7.05 Å². The zero-order valence-corrected chi connectivity index (χ0v) is 11.6. The number of thiazole rings is 1. The molecule has 2 aromatic heterocycles. The molecule has 0 bridgehead atoms. The van der Waals surface area contributed by atoms with Crippen LogP contribution in [0, 0.1) is 0 Å². The summed E-state index contributed by atoms with van der Waals surface area (Å²) in [7, 11) is 1.77. The minimum atomic E-state index is -0.250. The highest BCUT2D eigenvalue weighted by molar-refractivity contribution is 7.14. The number of hydrogen-bond acceptors (Lipinski definition) is 4. The lowest BCUT2D eigenvalue weighted by molar-refractivity contribution is 0.102. The third-order valence-electron chi connectivity index (χ3n) is 2.74. The fourth-order valence-electron chi connectivity index (χ4n) is 1.77. The molecule has 20 heavy (non-hydrogen) atoms. The number of aromatic nitrogens is 3. The van der Waals surface area contributed by atoms with Gasteiger partial charge in [0.1, 0.15) is 0 Å². The fraction of sp³-hybridized carbons (Fsp3) is 0.0714. The van der Waals surface area contributed by atoms with Crippen LogP contribution in [0.2, 0.25) is 0 Å². The molecule has 1 N–H and O–H groups in total. The number of aryl methyl sites for hydroxylation is 1. The van der Waals surface area contributed by atoms with Gasteiger partial charge in [-0.2, -0.15) is 5.10 Å². The Morgan fingerprint density at radius 1 is 1.25 bits per heavy atom. The molecule has 0 aliphatic heterocycles. The maximum Gasteiger partial charge on any atom is 0.277 e. The number of amides is 1. The number of rotatable bonds is 3. The van der Waals surface area contributed by atoms with E-state index in [2.05, 4.69) is 15.4 Å². The Bertz CT molecular complexity index is 732. The van der Waals surface area contributed by atoms with Crippen LogP contribution in [-0.4, -0.2) is 20.7 Å². The highest BCUT2D eigenvalue weighted by Gasteiger charge is 2.11. The maximum absolute atomic E-state index is 12.0. The first-order chi connectivity index (χ1) is 9.72. The van der Waals surface area contributed by atoms with Gasteiger partial charge in [-0.25, -0.2) is 4.98 Å². The monoisotopic (exact) mass is 284 g/mol. The first-order valence-electron chi connectivity index (χ1n) is 6.04. The van der Waals surface area contributed by atoms with Gasteiger partial charge in [0.05, 0.1) is 5.69 Å². The van der Waals surface area contributed by atoms with Crippen LogP contribution in [-0.2, 0) is 7.05 Å². The predicted molar refractivity (Wildman–Crippen MR) is 78.7 cm³/mol. The van der Waals surface area contributed by atoms with Gasteiger partial charge in [0.2, 0.25) is 0 Å². The summed E-state index contributed by atoms with van der Waals surface area (Å²) in [6.45, 7) is 0. The van der Waals surface area contributed by atoms with Crippen LogP contribution in [0.3, 0.4) is 0 Å². The molecule has 0 aliphatic rings. The molecule has 0 saturated heterocycles. The van der Waals surface area contributed by atoms with Gasteiger partial charge in [-0.3, -0.25) is 14.8 Å². The molecule has 0 fully saturated rings. The molecular weight excluding hydrogens is 272 g/mol. The summed E-state index contributed by atoms with van der Waals surface area (Å²) in [6.07, 6.45) is 1.73. The quantitative estimate of drug-likeness (QED) is 0.804. The zero-order chi connectivity index (χ0) is 13.9. The van der Waals surface area contributed by atoms with Gasteiger partial charge in [0, 0.05) is 24.2 Å². The summed E-state index contributed by atoms with van der Waals surface area (Å²) >= 11 is 1.40. The van der Waals surface area contributed by atoms with Gasteiger partial charge in [0.15, 0.2) is 10.8 Å². The molecule has 1 amide bonds. The molecule has 100 valence electrons.